The molecule has 0 aliphatic rings. The van der Waals surface area contributed by atoms with Gasteiger partial charge in [-0.25, -0.2) is 9.13 Å². The first-order valence-corrected chi connectivity index (χ1v) is 3.69. The number of hydrogen-bond acceptors (Lipinski definition) is 0. The van der Waals surface area contributed by atoms with Gasteiger partial charge in [0.05, 0.1) is 14.1 Å². The van der Waals surface area contributed by atoms with Crippen LogP contribution in [0.15, 0.2) is 30.6 Å². The number of halogens is 1. The van der Waals surface area contributed by atoms with E-state index < -0.39 is 0 Å². The van der Waals surface area contributed by atoms with E-state index >= 15 is 0 Å². The van der Waals surface area contributed by atoms with Crippen LogP contribution in [-0.4, -0.2) is 4.57 Å². The number of nitrogens with zero attached hydrogens (tertiary/aromatic N) is 2. The van der Waals surface area contributed by atoms with Gasteiger partial charge in [-0.1, -0.05) is 12.1 Å². The van der Waals surface area contributed by atoms with Crippen LogP contribution in [-0.2, 0) is 14.1 Å². The average Bonchev–Trinajstić information content (AvgIpc) is 2.30. The van der Waals surface area contributed by atoms with Crippen LogP contribution in [0.1, 0.15) is 0 Å². The summed E-state index contributed by atoms with van der Waals surface area (Å²) in [4.78, 5) is 0. The molecule has 0 aliphatic heterocycles. The van der Waals surface area contributed by atoms with Crippen molar-refractivity contribution in [3.8, 4) is 0 Å². The van der Waals surface area contributed by atoms with Crippen molar-refractivity contribution in [3.05, 3.63) is 30.6 Å². The fourth-order valence-electron chi connectivity index (χ4n) is 1.44. The van der Waals surface area contributed by atoms with E-state index in [1.165, 1.54) is 11.0 Å². The van der Waals surface area contributed by atoms with Crippen molar-refractivity contribution in [2.24, 2.45) is 14.1 Å². The molecule has 0 spiro atoms. The molecule has 0 fully saturated rings. The van der Waals surface area contributed by atoms with Crippen LogP contribution in [0.4, 0.5) is 0 Å². The van der Waals surface area contributed by atoms with E-state index in [2.05, 4.69) is 53.8 Å². The molecule has 1 aromatic heterocycles. The van der Waals surface area contributed by atoms with Crippen LogP contribution in [0.2, 0.25) is 0 Å². The molecule has 0 amide bonds. The largest absolute Gasteiger partial charge is 1.00 e. The molecule has 0 radical (unpaired) electrons. The maximum atomic E-state index is 2.12. The minimum absolute atomic E-state index is 0. The van der Waals surface area contributed by atoms with Gasteiger partial charge in [0, 0.05) is 0 Å². The van der Waals surface area contributed by atoms with Crippen LogP contribution in [0.5, 0.6) is 0 Å². The second-order valence-electron chi connectivity index (χ2n) is 2.83. The fraction of sp³-hybridized carbons (Fsp3) is 0.222. The zero-order valence-corrected chi connectivity index (χ0v) is 7.92. The molecule has 2 nitrogen and oxygen atoms in total. The van der Waals surface area contributed by atoms with Gasteiger partial charge in [0.15, 0.2) is 11.0 Å². The summed E-state index contributed by atoms with van der Waals surface area (Å²) in [7, 11) is 4.12. The molecular formula is C9H11ClN2. The molecule has 0 saturated heterocycles. The number of imidazole rings is 1. The quantitative estimate of drug-likeness (QED) is 0.417. The Kier molecular flexibility index (Phi) is 2.38. The summed E-state index contributed by atoms with van der Waals surface area (Å²) >= 11 is 0. The van der Waals surface area contributed by atoms with Gasteiger partial charge in [0.2, 0.25) is 6.33 Å². The Morgan fingerprint density at radius 2 is 1.92 bits per heavy atom. The third kappa shape index (κ3) is 1.18. The minimum Gasteiger partial charge on any atom is -1.00 e. The van der Waals surface area contributed by atoms with Gasteiger partial charge in [-0.3, -0.25) is 0 Å². The summed E-state index contributed by atoms with van der Waals surface area (Å²) in [6.45, 7) is 0. The van der Waals surface area contributed by atoms with Gasteiger partial charge in [0.25, 0.3) is 0 Å². The van der Waals surface area contributed by atoms with Crippen LogP contribution < -0.4 is 17.0 Å². The lowest BCUT2D eigenvalue weighted by Gasteiger charge is -1.84. The number of fused-ring (bicyclic) bond motifs is 1. The lowest BCUT2D eigenvalue weighted by molar-refractivity contribution is -0.645. The zero-order chi connectivity index (χ0) is 7.84. The Balaban J connectivity index is 0.000000720. The van der Waals surface area contributed by atoms with Crippen molar-refractivity contribution in [1.82, 2.24) is 4.57 Å². The lowest BCUT2D eigenvalue weighted by Crippen LogP contribution is -3.00. The molecule has 2 rings (SSSR count). The molecule has 0 unspecified atom stereocenters. The predicted molar refractivity (Wildman–Crippen MR) is 44.1 cm³/mol. The third-order valence-corrected chi connectivity index (χ3v) is 1.99. The summed E-state index contributed by atoms with van der Waals surface area (Å²) in [6.07, 6.45) is 2.07. The molecule has 0 atom stereocenters. The molecule has 0 saturated carbocycles. The number of aryl methyl sites for hydroxylation is 2. The highest BCUT2D eigenvalue weighted by atomic mass is 35.5. The molecule has 0 bridgehead atoms. The Bertz CT molecular complexity index is 356. The number of para-hydroxylation sites is 2. The van der Waals surface area contributed by atoms with E-state index in [1.54, 1.807) is 0 Å². The van der Waals surface area contributed by atoms with Crippen LogP contribution in [0.25, 0.3) is 11.0 Å². The van der Waals surface area contributed by atoms with E-state index in [1.807, 2.05) is 0 Å². The topological polar surface area (TPSA) is 8.81 Å². The highest BCUT2D eigenvalue weighted by molar-refractivity contribution is 5.71. The number of rotatable bonds is 0. The summed E-state index contributed by atoms with van der Waals surface area (Å²) in [5, 5.41) is 0. The first-order chi connectivity index (χ1) is 5.29. The van der Waals surface area contributed by atoms with Gasteiger partial charge in [0.1, 0.15) is 0 Å². The minimum atomic E-state index is 0. The van der Waals surface area contributed by atoms with Crippen LogP contribution in [0.3, 0.4) is 0 Å². The fourth-order valence-corrected chi connectivity index (χ4v) is 1.44. The first kappa shape index (κ1) is 9.07. The highest BCUT2D eigenvalue weighted by Gasteiger charge is 2.06. The smallest absolute Gasteiger partial charge is 0.244 e. The maximum Gasteiger partial charge on any atom is 0.244 e. The number of aromatic nitrogens is 2. The van der Waals surface area contributed by atoms with E-state index in [-0.39, 0.29) is 12.4 Å². The number of hydrogen-bond donors (Lipinski definition) is 0. The Hall–Kier alpha value is -1.02. The molecular weight excluding hydrogens is 172 g/mol. The summed E-state index contributed by atoms with van der Waals surface area (Å²) in [6, 6.07) is 8.36. The summed E-state index contributed by atoms with van der Waals surface area (Å²) < 4.78 is 4.24. The van der Waals surface area contributed by atoms with Gasteiger partial charge in [-0.15, -0.1) is 0 Å². The van der Waals surface area contributed by atoms with Crippen molar-refractivity contribution in [2.45, 2.75) is 0 Å². The first-order valence-electron chi connectivity index (χ1n) is 3.69. The monoisotopic (exact) mass is 182 g/mol. The van der Waals surface area contributed by atoms with Gasteiger partial charge >= 0.3 is 0 Å². The molecule has 1 aromatic carbocycles. The normalized spacial score (nSPS) is 9.83. The Labute approximate surface area is 77.8 Å². The lowest BCUT2D eigenvalue weighted by atomic mass is 10.3. The van der Waals surface area contributed by atoms with Crippen molar-refractivity contribution in [2.75, 3.05) is 0 Å². The summed E-state index contributed by atoms with van der Waals surface area (Å²) in [5.41, 5.74) is 2.55. The van der Waals surface area contributed by atoms with E-state index in [0.717, 1.165) is 0 Å². The predicted octanol–water partition coefficient (Wildman–Crippen LogP) is -1.99. The second kappa shape index (κ2) is 3.15. The zero-order valence-electron chi connectivity index (χ0n) is 7.16. The van der Waals surface area contributed by atoms with Crippen LogP contribution >= 0.6 is 0 Å². The standard InChI is InChI=1S/C9H11N2.ClH/c1-10-7-11(2)9-6-4-3-5-8(9)10;/h3-7H,1-2H3;1H/q+1;/p-1. The average molecular weight is 183 g/mol. The van der Waals surface area contributed by atoms with Gasteiger partial charge in [-0.2, -0.15) is 0 Å². The van der Waals surface area contributed by atoms with Crippen molar-refractivity contribution in [3.63, 3.8) is 0 Å². The van der Waals surface area contributed by atoms with Gasteiger partial charge in [-0.05, 0) is 12.1 Å². The molecule has 2 aromatic rings. The molecule has 64 valence electrons. The van der Waals surface area contributed by atoms with Crippen molar-refractivity contribution >= 4 is 11.0 Å². The van der Waals surface area contributed by atoms with Gasteiger partial charge < -0.3 is 12.4 Å². The molecule has 3 heteroatoms. The number of benzene rings is 1. The highest BCUT2D eigenvalue weighted by Crippen LogP contribution is 2.07. The third-order valence-electron chi connectivity index (χ3n) is 1.99. The summed E-state index contributed by atoms with van der Waals surface area (Å²) in [5.74, 6) is 0. The second-order valence-corrected chi connectivity index (χ2v) is 2.83. The molecule has 1 heterocycles. The molecule has 0 N–H and O–H groups in total. The van der Waals surface area contributed by atoms with Crippen molar-refractivity contribution < 1.29 is 17.0 Å². The van der Waals surface area contributed by atoms with E-state index in [9.17, 15) is 0 Å². The Morgan fingerprint density at radius 3 is 2.58 bits per heavy atom. The van der Waals surface area contributed by atoms with E-state index in [0.29, 0.717) is 0 Å². The Morgan fingerprint density at radius 1 is 1.25 bits per heavy atom. The molecule has 12 heavy (non-hydrogen) atoms. The maximum absolute atomic E-state index is 2.12. The van der Waals surface area contributed by atoms with E-state index in [4.69, 9.17) is 0 Å². The van der Waals surface area contributed by atoms with Crippen LogP contribution in [0, 0.1) is 0 Å². The SMILES string of the molecule is Cn1c[n+](C)c2ccccc21.[Cl-]. The van der Waals surface area contributed by atoms with Crippen molar-refractivity contribution in [1.29, 1.82) is 0 Å². The molecule has 0 aliphatic carbocycles.